The summed E-state index contributed by atoms with van der Waals surface area (Å²) >= 11 is 0. The first-order chi connectivity index (χ1) is 15.0. The fraction of sp³-hybridized carbons (Fsp3) is 0.0833. The quantitative estimate of drug-likeness (QED) is 0.464. The SMILES string of the molecule is COc1cccc(-c2cc(-c3ccc(C(=O)NCc4cc(F)cc(F)c4)cc3)[nH]n2)c1. The number of ether oxygens (including phenoxy) is 1. The lowest BCUT2D eigenvalue weighted by atomic mass is 10.1. The molecule has 0 unspecified atom stereocenters. The predicted molar refractivity (Wildman–Crippen MR) is 114 cm³/mol. The van der Waals surface area contributed by atoms with Gasteiger partial charge in [0.25, 0.3) is 5.91 Å². The normalized spacial score (nSPS) is 10.7. The average molecular weight is 419 g/mol. The van der Waals surface area contributed by atoms with E-state index in [0.29, 0.717) is 11.1 Å². The van der Waals surface area contributed by atoms with Crippen LogP contribution >= 0.6 is 0 Å². The number of hydrogen-bond acceptors (Lipinski definition) is 3. The van der Waals surface area contributed by atoms with Gasteiger partial charge in [-0.1, -0.05) is 24.3 Å². The van der Waals surface area contributed by atoms with E-state index in [0.717, 1.165) is 34.3 Å². The molecule has 0 atom stereocenters. The summed E-state index contributed by atoms with van der Waals surface area (Å²) in [7, 11) is 1.61. The molecule has 1 heterocycles. The Kier molecular flexibility index (Phi) is 5.75. The Bertz CT molecular complexity index is 1200. The number of rotatable bonds is 6. The van der Waals surface area contributed by atoms with Gasteiger partial charge in [0.1, 0.15) is 17.4 Å². The first-order valence-corrected chi connectivity index (χ1v) is 9.55. The largest absolute Gasteiger partial charge is 0.497 e. The fourth-order valence-corrected chi connectivity index (χ4v) is 3.20. The third-order valence-electron chi connectivity index (χ3n) is 4.78. The Morgan fingerprint density at radius 2 is 1.71 bits per heavy atom. The number of carbonyl (C=O) groups excluding carboxylic acids is 1. The van der Waals surface area contributed by atoms with Crippen molar-refractivity contribution in [1.82, 2.24) is 15.5 Å². The van der Waals surface area contributed by atoms with Gasteiger partial charge >= 0.3 is 0 Å². The Morgan fingerprint density at radius 1 is 0.968 bits per heavy atom. The van der Waals surface area contributed by atoms with Crippen LogP contribution in [0.2, 0.25) is 0 Å². The summed E-state index contributed by atoms with van der Waals surface area (Å²) < 4.78 is 31.8. The number of methoxy groups -OCH3 is 1. The number of aromatic amines is 1. The number of benzene rings is 3. The van der Waals surface area contributed by atoms with E-state index in [1.54, 1.807) is 31.4 Å². The molecular weight excluding hydrogens is 400 g/mol. The molecule has 0 aliphatic carbocycles. The van der Waals surface area contributed by atoms with E-state index >= 15 is 0 Å². The summed E-state index contributed by atoms with van der Waals surface area (Å²) in [6.07, 6.45) is 0. The standard InChI is InChI=1S/C24H19F2N3O2/c1-31-21-4-2-3-18(11-21)23-13-22(28-29-23)16-5-7-17(8-6-16)24(30)27-14-15-9-19(25)12-20(26)10-15/h2-13H,14H2,1H3,(H,27,30)(H,28,29). The van der Waals surface area contributed by atoms with Crippen molar-refractivity contribution in [1.29, 1.82) is 0 Å². The first kappa shape index (κ1) is 20.3. The second-order valence-corrected chi connectivity index (χ2v) is 6.94. The van der Waals surface area contributed by atoms with Crippen molar-refractivity contribution >= 4 is 5.91 Å². The lowest BCUT2D eigenvalue weighted by Crippen LogP contribution is -2.22. The monoisotopic (exact) mass is 419 g/mol. The highest BCUT2D eigenvalue weighted by atomic mass is 19.1. The van der Waals surface area contributed by atoms with Gasteiger partial charge in [-0.05, 0) is 53.6 Å². The van der Waals surface area contributed by atoms with E-state index in [1.165, 1.54) is 12.1 Å². The number of nitrogens with zero attached hydrogens (tertiary/aromatic N) is 1. The van der Waals surface area contributed by atoms with E-state index in [9.17, 15) is 13.6 Å². The van der Waals surface area contributed by atoms with Gasteiger partial charge in [0.05, 0.1) is 18.5 Å². The highest BCUT2D eigenvalue weighted by Crippen LogP contribution is 2.26. The molecule has 2 N–H and O–H groups in total. The van der Waals surface area contributed by atoms with Gasteiger partial charge in [-0.3, -0.25) is 9.89 Å². The van der Waals surface area contributed by atoms with Gasteiger partial charge in [0.15, 0.2) is 0 Å². The predicted octanol–water partition coefficient (Wildman–Crippen LogP) is 4.96. The molecule has 1 amide bonds. The molecule has 0 fully saturated rings. The molecule has 3 aromatic carbocycles. The molecule has 4 aromatic rings. The number of H-pyrrole nitrogens is 1. The van der Waals surface area contributed by atoms with Crippen molar-refractivity contribution in [3.63, 3.8) is 0 Å². The van der Waals surface area contributed by atoms with E-state index in [4.69, 9.17) is 4.74 Å². The molecule has 1 aromatic heterocycles. The van der Waals surface area contributed by atoms with Gasteiger partial charge < -0.3 is 10.1 Å². The second kappa shape index (κ2) is 8.79. The number of hydrogen-bond donors (Lipinski definition) is 2. The van der Waals surface area contributed by atoms with Gasteiger partial charge in [0, 0.05) is 23.7 Å². The fourth-order valence-electron chi connectivity index (χ4n) is 3.20. The van der Waals surface area contributed by atoms with Crippen LogP contribution in [0.4, 0.5) is 8.78 Å². The summed E-state index contributed by atoms with van der Waals surface area (Å²) in [6, 6.07) is 19.7. The summed E-state index contributed by atoms with van der Waals surface area (Å²) in [5.74, 6) is -0.945. The van der Waals surface area contributed by atoms with Crippen LogP contribution in [-0.4, -0.2) is 23.2 Å². The average Bonchev–Trinajstić information content (AvgIpc) is 3.27. The molecule has 156 valence electrons. The van der Waals surface area contributed by atoms with Gasteiger partial charge in [-0.25, -0.2) is 8.78 Å². The van der Waals surface area contributed by atoms with Gasteiger partial charge in [-0.2, -0.15) is 5.10 Å². The van der Waals surface area contributed by atoms with Crippen LogP contribution in [0, 0.1) is 11.6 Å². The molecule has 0 bridgehead atoms. The number of aromatic nitrogens is 2. The maximum Gasteiger partial charge on any atom is 0.251 e. The molecular formula is C24H19F2N3O2. The van der Waals surface area contributed by atoms with Gasteiger partial charge in [0.2, 0.25) is 0 Å². The van der Waals surface area contributed by atoms with Crippen LogP contribution in [0.1, 0.15) is 15.9 Å². The van der Waals surface area contributed by atoms with E-state index in [1.807, 2.05) is 30.3 Å². The summed E-state index contributed by atoms with van der Waals surface area (Å²) in [5, 5.41) is 10.0. The maximum absolute atomic E-state index is 13.3. The zero-order chi connectivity index (χ0) is 21.8. The zero-order valence-electron chi connectivity index (χ0n) is 16.7. The molecule has 0 radical (unpaired) electrons. The van der Waals surface area contributed by atoms with Crippen molar-refractivity contribution < 1.29 is 18.3 Å². The smallest absolute Gasteiger partial charge is 0.251 e. The molecule has 7 heteroatoms. The van der Waals surface area contributed by atoms with Crippen LogP contribution in [0.15, 0.2) is 72.8 Å². The third kappa shape index (κ3) is 4.78. The molecule has 5 nitrogen and oxygen atoms in total. The summed E-state index contributed by atoms with van der Waals surface area (Å²) in [4.78, 5) is 12.4. The summed E-state index contributed by atoms with van der Waals surface area (Å²) in [6.45, 7) is 0.0275. The lowest BCUT2D eigenvalue weighted by Gasteiger charge is -2.07. The van der Waals surface area contributed by atoms with Gasteiger partial charge in [-0.15, -0.1) is 0 Å². The molecule has 0 aliphatic heterocycles. The minimum Gasteiger partial charge on any atom is -0.497 e. The Hall–Kier alpha value is -4.00. The van der Waals surface area contributed by atoms with E-state index in [2.05, 4.69) is 15.5 Å². The van der Waals surface area contributed by atoms with E-state index in [-0.39, 0.29) is 12.5 Å². The summed E-state index contributed by atoms with van der Waals surface area (Å²) in [5.41, 5.74) is 4.16. The number of nitrogens with one attached hydrogen (secondary N) is 2. The topological polar surface area (TPSA) is 67.0 Å². The molecule has 0 saturated carbocycles. The first-order valence-electron chi connectivity index (χ1n) is 9.55. The van der Waals surface area contributed by atoms with Crippen molar-refractivity contribution in [2.75, 3.05) is 7.11 Å². The van der Waals surface area contributed by atoms with Crippen molar-refractivity contribution in [3.05, 3.63) is 95.6 Å². The highest BCUT2D eigenvalue weighted by Gasteiger charge is 2.10. The lowest BCUT2D eigenvalue weighted by molar-refractivity contribution is 0.0951. The minimum atomic E-state index is -0.679. The van der Waals surface area contributed by atoms with Crippen LogP contribution in [0.5, 0.6) is 5.75 Å². The number of halogens is 2. The second-order valence-electron chi connectivity index (χ2n) is 6.94. The van der Waals surface area contributed by atoms with Crippen LogP contribution in [-0.2, 0) is 6.54 Å². The molecule has 31 heavy (non-hydrogen) atoms. The number of carbonyl (C=O) groups is 1. The third-order valence-corrected chi connectivity index (χ3v) is 4.78. The maximum atomic E-state index is 13.3. The highest BCUT2D eigenvalue weighted by molar-refractivity contribution is 5.94. The molecule has 0 saturated heterocycles. The zero-order valence-corrected chi connectivity index (χ0v) is 16.7. The number of amides is 1. The van der Waals surface area contributed by atoms with E-state index < -0.39 is 11.6 Å². The van der Waals surface area contributed by atoms with Crippen molar-refractivity contribution in [2.24, 2.45) is 0 Å². The van der Waals surface area contributed by atoms with Crippen molar-refractivity contribution in [3.8, 4) is 28.3 Å². The van der Waals surface area contributed by atoms with Crippen LogP contribution in [0.3, 0.4) is 0 Å². The molecule has 4 rings (SSSR count). The Labute approximate surface area is 177 Å². The Morgan fingerprint density at radius 3 is 2.42 bits per heavy atom. The van der Waals surface area contributed by atoms with Crippen molar-refractivity contribution in [2.45, 2.75) is 6.54 Å². The molecule has 0 aliphatic rings. The van der Waals surface area contributed by atoms with Crippen LogP contribution < -0.4 is 10.1 Å². The Balaban J connectivity index is 1.44. The minimum absolute atomic E-state index is 0.0275. The van der Waals surface area contributed by atoms with Crippen LogP contribution in [0.25, 0.3) is 22.5 Å². The molecule has 0 spiro atoms.